The van der Waals surface area contributed by atoms with E-state index in [9.17, 15) is 32.9 Å². The SMILES string of the molecule is [2H]c1c([2H])c(-c2c3c([2H])c([2H])c([2H])c([2H])c3c(-c3c([2H])c([2H])c4c(c3[2H])c([2H])c([2H])c3c([2H])c([2H])c([2H])c([2H])c34)c3c([2H])c([2H])c([2H])c([2H])c23)c([2H])c([2H])c1-c1c([2H])c([2H])c2oc3c([2H])c([2H])c4c([2H])c([2H])c([2H])c([2H])c4c3c2c1[2H].[2H]c1c([2H])c(-c2c3c([2H])c([2H])c([2H])c([2H])c3c(-c3c([2H])c4c([2H])c([2H])c([2H])c([2H])c4c4c([2H])c([2H])c([2H])c([2H])c34)c3c([2H])c([2H])c([2H])c([2H])c23)c([2H])c([2H])c1-c1c([2H])c([2H])c2oc3c([2H])c([2H])c4c([2H])c([2H])c([2H])c([2H])c4c3c2c1[2H]. The van der Waals surface area contributed by atoms with Gasteiger partial charge in [-0.15, -0.1) is 0 Å². The summed E-state index contributed by atoms with van der Waals surface area (Å²) in [5.74, 6) is 0. The van der Waals surface area contributed by atoms with Gasteiger partial charge in [0, 0.05) is 21.5 Å². The Bertz CT molecular complexity index is 10900. The third kappa shape index (κ3) is 9.13. The zero-order valence-corrected chi connectivity index (χ0v) is 50.8. The molecule has 0 spiro atoms. The van der Waals surface area contributed by atoms with Crippen LogP contribution >= 0.6 is 0 Å². The van der Waals surface area contributed by atoms with Crippen molar-refractivity contribution in [3.05, 3.63) is 363 Å². The van der Waals surface area contributed by atoms with Crippen LogP contribution in [0.15, 0.2) is 371 Å². The number of benzene rings is 20. The van der Waals surface area contributed by atoms with Crippen LogP contribution < -0.4 is 0 Å². The van der Waals surface area contributed by atoms with E-state index in [0.29, 0.717) is 0 Å². The first kappa shape index (κ1) is 23.9. The van der Waals surface area contributed by atoms with Crippen molar-refractivity contribution in [3.63, 3.8) is 0 Å². The van der Waals surface area contributed by atoms with Gasteiger partial charge in [0.2, 0.25) is 0 Å². The smallest absolute Gasteiger partial charge is 0.136 e. The molecule has 20 aromatic carbocycles. The Balaban J connectivity index is 0.000000186. The van der Waals surface area contributed by atoms with Crippen molar-refractivity contribution in [1.29, 1.82) is 0 Å². The van der Waals surface area contributed by atoms with Crippen LogP contribution in [0.4, 0.5) is 0 Å². The maximum absolute atomic E-state index is 9.83. The average molecular weight is 1350 g/mol. The van der Waals surface area contributed by atoms with E-state index in [1.165, 1.54) is 0 Å². The summed E-state index contributed by atoms with van der Waals surface area (Å²) in [5, 5.41) is -14.6. The Morgan fingerprint density at radius 1 is 0.157 bits per heavy atom. The van der Waals surface area contributed by atoms with Gasteiger partial charge in [0.05, 0.1) is 82.2 Å². The highest BCUT2D eigenvalue weighted by Crippen LogP contribution is 2.49. The summed E-state index contributed by atoms with van der Waals surface area (Å²) >= 11 is 0. The molecule has 0 atom stereocenters. The Kier molecular flexibility index (Phi) is 5.42. The quantitative estimate of drug-likeness (QED) is 0.123. The fraction of sp³-hybridized carbons (Fsp3) is 0. The van der Waals surface area contributed by atoms with Crippen molar-refractivity contribution in [2.45, 2.75) is 0 Å². The van der Waals surface area contributed by atoms with Gasteiger partial charge in [0.1, 0.15) is 22.3 Å². The number of fused-ring (bicyclic) bond motifs is 20. The normalized spacial score (nSPS) is 20.2. The van der Waals surface area contributed by atoms with Gasteiger partial charge in [-0.3, -0.25) is 0 Å². The van der Waals surface area contributed by atoms with Crippen molar-refractivity contribution in [1.82, 2.24) is 0 Å². The summed E-state index contributed by atoms with van der Waals surface area (Å²) in [6.07, 6.45) is 0. The molecule has 0 aliphatic rings. The first-order valence-electron chi connectivity index (χ1n) is 60.3. The molecule has 0 amide bonds. The second-order valence-corrected chi connectivity index (χ2v) is 22.5. The minimum atomic E-state index is -1.14. The summed E-state index contributed by atoms with van der Waals surface area (Å²) in [6.45, 7) is 0. The molecule has 0 bridgehead atoms. The second-order valence-electron chi connectivity index (χ2n) is 22.5. The first-order valence-corrected chi connectivity index (χ1v) is 30.3. The van der Waals surface area contributed by atoms with Gasteiger partial charge in [0.25, 0.3) is 0 Å². The lowest BCUT2D eigenvalue weighted by Gasteiger charge is -2.19. The van der Waals surface area contributed by atoms with E-state index in [0.717, 1.165) is 0 Å². The van der Waals surface area contributed by atoms with Crippen molar-refractivity contribution in [2.75, 3.05) is 0 Å². The summed E-state index contributed by atoms with van der Waals surface area (Å²) < 4.78 is 556. The van der Waals surface area contributed by atoms with E-state index in [1.807, 2.05) is 0 Å². The van der Waals surface area contributed by atoms with Crippen molar-refractivity contribution in [3.8, 4) is 66.8 Å². The largest absolute Gasteiger partial charge is 0.456 e. The predicted molar refractivity (Wildman–Crippen MR) is 435 cm³/mol. The summed E-state index contributed by atoms with van der Waals surface area (Å²) in [7, 11) is 0. The molecule has 22 rings (SSSR count). The lowest BCUT2D eigenvalue weighted by Crippen LogP contribution is -1.92. The van der Waals surface area contributed by atoms with Gasteiger partial charge < -0.3 is 8.83 Å². The van der Waals surface area contributed by atoms with Gasteiger partial charge in [-0.25, -0.2) is 0 Å². The molecule has 0 N–H and O–H groups in total. The molecule has 102 heavy (non-hydrogen) atoms. The van der Waals surface area contributed by atoms with Gasteiger partial charge in [-0.2, -0.15) is 0 Å². The number of hydrogen-bond donors (Lipinski definition) is 0. The maximum Gasteiger partial charge on any atom is 0.136 e. The predicted octanol–water partition coefficient (Wildman–Crippen LogP) is 28.7. The van der Waals surface area contributed by atoms with Gasteiger partial charge in [0.15, 0.2) is 0 Å². The monoisotopic (exact) mass is 1350 g/mol. The zero-order chi connectivity index (χ0) is 119. The van der Waals surface area contributed by atoms with Crippen LogP contribution in [0, 0.1) is 0 Å². The maximum atomic E-state index is 9.83. The van der Waals surface area contributed by atoms with Crippen LogP contribution in [-0.2, 0) is 0 Å². The molecule has 0 aliphatic carbocycles. The molecule has 22 aromatic rings. The summed E-state index contributed by atoms with van der Waals surface area (Å²) in [4.78, 5) is 0. The van der Waals surface area contributed by atoms with Crippen LogP contribution in [0.1, 0.15) is 82.2 Å². The highest BCUT2D eigenvalue weighted by molar-refractivity contribution is 6.27. The third-order valence-electron chi connectivity index (χ3n) is 17.1. The molecule has 0 saturated carbocycles. The molecular weight excluding hydrogens is 1230 g/mol. The van der Waals surface area contributed by atoms with Crippen LogP contribution in [0.2, 0.25) is 0 Å². The van der Waals surface area contributed by atoms with Crippen LogP contribution in [0.25, 0.3) is 218 Å². The molecule has 2 heteroatoms. The van der Waals surface area contributed by atoms with E-state index in [4.69, 9.17) is 58.2 Å². The standard InChI is InChI=1S/2C50H30O/c1-4-14-37-32(11-1)25-28-47-50(37)45-29-34(26-27-46(45)51-47)31-21-23-33(24-22-31)48-40-17-7-9-19-42(40)49(43-20-10-8-18-41(43)48)44-30-35-12-2-3-13-36(35)38-15-5-6-16-39(38)44;1-3-11-38-32(9-1)19-22-36-29-37(23-26-39(36)38)49-43-15-7-5-13-41(43)48(42-14-6-8-16-44(42)49)34-20-17-31(18-21-34)35-25-27-46-45(30-35)50-40-12-4-2-10-33(40)24-28-47(50)51-46/h2*1-30H/i2*1D,2D,3D,4D,5D,6D,7D,8D,9D,10D,11D,12D,13D,14D,15D,16D,17D,18D,19D,20D,21D,22D,23D,24D,25D,26D,27D,28D,29D,30D. The summed E-state index contributed by atoms with van der Waals surface area (Å²) in [6, 6.07) is -55.9. The zero-order valence-electron chi connectivity index (χ0n) is 111. The molecule has 2 heterocycles. The summed E-state index contributed by atoms with van der Waals surface area (Å²) in [5.41, 5.74) is -12.1. The van der Waals surface area contributed by atoms with Crippen LogP contribution in [0.3, 0.4) is 0 Å². The van der Waals surface area contributed by atoms with Gasteiger partial charge >= 0.3 is 0 Å². The Labute approximate surface area is 671 Å². The molecule has 0 fully saturated rings. The first-order chi connectivity index (χ1) is 75.6. The minimum absolute atomic E-state index is 0.378. The topological polar surface area (TPSA) is 26.3 Å². The molecule has 2 aromatic heterocycles. The average Bonchev–Trinajstić information content (AvgIpc) is 1.53. The molecular formula is C100H60O2. The number of hydrogen-bond acceptors (Lipinski definition) is 2. The van der Waals surface area contributed by atoms with E-state index in [2.05, 4.69) is 0 Å². The van der Waals surface area contributed by atoms with E-state index < -0.39 is 570 Å². The fourth-order valence-electron chi connectivity index (χ4n) is 12.7. The molecule has 0 saturated heterocycles. The Morgan fingerprint density at radius 2 is 0.441 bits per heavy atom. The lowest BCUT2D eigenvalue weighted by molar-refractivity contribution is 0.669. The fourth-order valence-corrected chi connectivity index (χ4v) is 12.7. The second kappa shape index (κ2) is 23.1. The number of furan rings is 2. The highest BCUT2D eigenvalue weighted by Gasteiger charge is 2.22. The van der Waals surface area contributed by atoms with Gasteiger partial charge in [-0.1, -0.05) is 314 Å². The van der Waals surface area contributed by atoms with Crippen molar-refractivity contribution >= 4 is 152 Å². The highest BCUT2D eigenvalue weighted by atomic mass is 16.3. The number of rotatable bonds is 6. The Morgan fingerprint density at radius 3 is 0.902 bits per heavy atom. The van der Waals surface area contributed by atoms with Crippen LogP contribution in [-0.4, -0.2) is 0 Å². The van der Waals surface area contributed by atoms with E-state index >= 15 is 0 Å². The van der Waals surface area contributed by atoms with Gasteiger partial charge in [-0.05, 0) is 223 Å². The minimum Gasteiger partial charge on any atom is -0.456 e. The van der Waals surface area contributed by atoms with E-state index in [1.54, 1.807) is 0 Å². The molecule has 0 aliphatic heterocycles. The Hall–Kier alpha value is -13.4. The van der Waals surface area contributed by atoms with Crippen molar-refractivity contribution < 1.29 is 91.1 Å². The molecule has 0 unspecified atom stereocenters. The van der Waals surface area contributed by atoms with Crippen molar-refractivity contribution in [2.24, 2.45) is 0 Å². The van der Waals surface area contributed by atoms with E-state index in [-0.39, 0.29) is 10.8 Å². The molecule has 472 valence electrons. The third-order valence-corrected chi connectivity index (χ3v) is 17.1. The van der Waals surface area contributed by atoms with Crippen LogP contribution in [0.5, 0.6) is 0 Å². The lowest BCUT2D eigenvalue weighted by atomic mass is 9.83. The molecule has 0 radical (unpaired) electrons. The molecule has 2 nitrogen and oxygen atoms in total.